The van der Waals surface area contributed by atoms with E-state index in [4.69, 9.17) is 16.3 Å². The Kier molecular flexibility index (Phi) is 6.37. The lowest BCUT2D eigenvalue weighted by Crippen LogP contribution is -2.31. The van der Waals surface area contributed by atoms with E-state index in [1.165, 1.54) is 11.0 Å². The Hall–Kier alpha value is -1.88. The van der Waals surface area contributed by atoms with Crippen LogP contribution in [-0.2, 0) is 9.53 Å². The predicted molar refractivity (Wildman–Crippen MR) is 92.8 cm³/mol. The van der Waals surface area contributed by atoms with Crippen molar-refractivity contribution in [1.82, 2.24) is 0 Å². The van der Waals surface area contributed by atoms with Gasteiger partial charge in [0.25, 0.3) is 0 Å². The van der Waals surface area contributed by atoms with Crippen molar-refractivity contribution in [3.8, 4) is 0 Å². The molecular formula is C18H22ClNO4. The van der Waals surface area contributed by atoms with Crippen LogP contribution < -0.4 is 4.90 Å². The summed E-state index contributed by atoms with van der Waals surface area (Å²) in [6.07, 6.45) is 1.95. The number of benzene rings is 1. The molecule has 6 heteroatoms. The van der Waals surface area contributed by atoms with Crippen molar-refractivity contribution < 1.29 is 19.1 Å². The summed E-state index contributed by atoms with van der Waals surface area (Å²) in [5.41, 5.74) is 0.876. The Labute approximate surface area is 146 Å². The fraction of sp³-hybridized carbons (Fsp3) is 0.500. The van der Waals surface area contributed by atoms with E-state index in [1.807, 2.05) is 13.8 Å². The highest BCUT2D eigenvalue weighted by Crippen LogP contribution is 2.32. The van der Waals surface area contributed by atoms with E-state index in [2.05, 4.69) is 0 Å². The third-order valence-corrected chi connectivity index (χ3v) is 4.20. The number of ether oxygens (including phenoxy) is 1. The second-order valence-corrected chi connectivity index (χ2v) is 6.27. The average molecular weight is 352 g/mol. The number of Topliss-reactive ketones (excluding diaryl/α,β-unsaturated/α-hetero) is 2. The molecule has 0 aromatic heterocycles. The van der Waals surface area contributed by atoms with Gasteiger partial charge in [0.2, 0.25) is 0 Å². The molecule has 1 aliphatic rings. The largest absolute Gasteiger partial charge is 0.449 e. The van der Waals surface area contributed by atoms with Gasteiger partial charge in [0, 0.05) is 18.0 Å². The van der Waals surface area contributed by atoms with Crippen molar-refractivity contribution in [2.45, 2.75) is 39.5 Å². The lowest BCUT2D eigenvalue weighted by atomic mass is 10.0. The number of carbonyl (C=O) groups excluding carboxylic acids is 3. The van der Waals surface area contributed by atoms with Crippen molar-refractivity contribution in [2.75, 3.05) is 18.1 Å². The number of amides is 1. The summed E-state index contributed by atoms with van der Waals surface area (Å²) in [5.74, 6) is -0.178. The Morgan fingerprint density at radius 2 is 1.96 bits per heavy atom. The SMILES string of the molecule is CCCOC(=O)N(CC)c1ccc(C(=O)CC(=O)C2CC2)cc1Cl. The summed E-state index contributed by atoms with van der Waals surface area (Å²) in [6, 6.07) is 4.72. The normalized spacial score (nSPS) is 13.5. The Bertz CT molecular complexity index is 640. The minimum Gasteiger partial charge on any atom is -0.449 e. The van der Waals surface area contributed by atoms with Gasteiger partial charge in [0.1, 0.15) is 5.78 Å². The maximum atomic E-state index is 12.2. The molecule has 130 valence electrons. The van der Waals surface area contributed by atoms with E-state index in [9.17, 15) is 14.4 Å². The van der Waals surface area contributed by atoms with Crippen LogP contribution >= 0.6 is 11.6 Å². The molecule has 0 spiro atoms. The molecule has 1 aromatic rings. The zero-order valence-corrected chi connectivity index (χ0v) is 14.8. The third-order valence-electron chi connectivity index (χ3n) is 3.89. The smallest absolute Gasteiger partial charge is 0.414 e. The topological polar surface area (TPSA) is 63.7 Å². The van der Waals surface area contributed by atoms with E-state index >= 15 is 0 Å². The van der Waals surface area contributed by atoms with Crippen molar-refractivity contribution >= 4 is 34.9 Å². The number of hydrogen-bond acceptors (Lipinski definition) is 4. The van der Waals surface area contributed by atoms with Crippen LogP contribution in [0.1, 0.15) is 49.9 Å². The van der Waals surface area contributed by atoms with E-state index in [1.54, 1.807) is 12.1 Å². The summed E-state index contributed by atoms with van der Waals surface area (Å²) in [4.78, 5) is 37.4. The van der Waals surface area contributed by atoms with Crippen LogP contribution in [0.5, 0.6) is 0 Å². The van der Waals surface area contributed by atoms with Crippen LogP contribution in [-0.4, -0.2) is 30.8 Å². The lowest BCUT2D eigenvalue weighted by molar-refractivity contribution is -0.119. The van der Waals surface area contributed by atoms with Crippen LogP contribution in [0, 0.1) is 5.92 Å². The minimum absolute atomic E-state index is 0.00136. The molecule has 0 N–H and O–H groups in total. The highest BCUT2D eigenvalue weighted by Gasteiger charge is 2.31. The first kappa shape index (κ1) is 18.5. The average Bonchev–Trinajstić information content (AvgIpc) is 3.39. The highest BCUT2D eigenvalue weighted by atomic mass is 35.5. The molecule has 0 heterocycles. The Balaban J connectivity index is 2.10. The fourth-order valence-corrected chi connectivity index (χ4v) is 2.66. The zero-order chi connectivity index (χ0) is 17.7. The first-order valence-electron chi connectivity index (χ1n) is 8.27. The molecule has 1 aromatic carbocycles. The number of rotatable bonds is 8. The standard InChI is InChI=1S/C18H22ClNO4/c1-3-9-24-18(23)20(4-2)15-8-7-13(10-14(15)19)17(22)11-16(21)12-5-6-12/h7-8,10,12H,3-6,9,11H2,1-2H3. The molecule has 0 aliphatic heterocycles. The van der Waals surface area contributed by atoms with Gasteiger partial charge in [-0.3, -0.25) is 14.5 Å². The van der Waals surface area contributed by atoms with E-state index < -0.39 is 6.09 Å². The summed E-state index contributed by atoms with van der Waals surface area (Å²) >= 11 is 6.25. The van der Waals surface area contributed by atoms with Gasteiger partial charge in [-0.15, -0.1) is 0 Å². The van der Waals surface area contributed by atoms with Gasteiger partial charge in [-0.1, -0.05) is 18.5 Å². The van der Waals surface area contributed by atoms with E-state index in [0.29, 0.717) is 24.4 Å². The first-order valence-corrected chi connectivity index (χ1v) is 8.65. The molecule has 0 radical (unpaired) electrons. The van der Waals surface area contributed by atoms with Crippen molar-refractivity contribution in [2.24, 2.45) is 5.92 Å². The number of nitrogens with zero attached hydrogens (tertiary/aromatic N) is 1. The molecule has 1 amide bonds. The number of carbonyl (C=O) groups is 3. The number of ketones is 2. The maximum Gasteiger partial charge on any atom is 0.414 e. The molecule has 1 fully saturated rings. The van der Waals surface area contributed by atoms with E-state index in [0.717, 1.165) is 19.3 Å². The fourth-order valence-electron chi connectivity index (χ4n) is 2.37. The molecule has 5 nitrogen and oxygen atoms in total. The summed E-state index contributed by atoms with van der Waals surface area (Å²) in [5, 5.41) is 0.287. The third kappa shape index (κ3) is 4.57. The molecular weight excluding hydrogens is 330 g/mol. The van der Waals surface area contributed by atoms with Crippen LogP contribution in [0.2, 0.25) is 5.02 Å². The summed E-state index contributed by atoms with van der Waals surface area (Å²) in [6.45, 7) is 4.47. The molecule has 0 unspecified atom stereocenters. The van der Waals surface area contributed by atoms with E-state index in [-0.39, 0.29) is 28.9 Å². The van der Waals surface area contributed by atoms with Gasteiger partial charge in [0.05, 0.1) is 23.7 Å². The van der Waals surface area contributed by atoms with Gasteiger partial charge in [-0.2, -0.15) is 0 Å². The lowest BCUT2D eigenvalue weighted by Gasteiger charge is -2.21. The van der Waals surface area contributed by atoms with Gasteiger partial charge >= 0.3 is 6.09 Å². The van der Waals surface area contributed by atoms with Crippen molar-refractivity contribution in [3.63, 3.8) is 0 Å². The maximum absolute atomic E-state index is 12.2. The number of halogens is 1. The minimum atomic E-state index is -0.468. The van der Waals surface area contributed by atoms with Gasteiger partial charge < -0.3 is 4.74 Å². The monoisotopic (exact) mass is 351 g/mol. The second-order valence-electron chi connectivity index (χ2n) is 5.87. The molecule has 0 saturated heterocycles. The predicted octanol–water partition coefficient (Wildman–Crippen LogP) is 4.26. The van der Waals surface area contributed by atoms with Gasteiger partial charge in [-0.05, 0) is 44.4 Å². The van der Waals surface area contributed by atoms with Crippen LogP contribution in [0.15, 0.2) is 18.2 Å². The molecule has 1 saturated carbocycles. The first-order chi connectivity index (χ1) is 11.5. The van der Waals surface area contributed by atoms with Gasteiger partial charge in [0.15, 0.2) is 5.78 Å². The zero-order valence-electron chi connectivity index (χ0n) is 14.0. The molecule has 0 bridgehead atoms. The van der Waals surface area contributed by atoms with Crippen molar-refractivity contribution in [1.29, 1.82) is 0 Å². The number of anilines is 1. The van der Waals surface area contributed by atoms with Crippen molar-refractivity contribution in [3.05, 3.63) is 28.8 Å². The van der Waals surface area contributed by atoms with Crippen LogP contribution in [0.3, 0.4) is 0 Å². The molecule has 0 atom stereocenters. The molecule has 24 heavy (non-hydrogen) atoms. The second kappa shape index (κ2) is 8.29. The van der Waals surface area contributed by atoms with Gasteiger partial charge in [-0.25, -0.2) is 4.79 Å². The Morgan fingerprint density at radius 1 is 1.25 bits per heavy atom. The Morgan fingerprint density at radius 3 is 2.50 bits per heavy atom. The van der Waals surface area contributed by atoms with Crippen LogP contribution in [0.4, 0.5) is 10.5 Å². The number of hydrogen-bond donors (Lipinski definition) is 0. The summed E-state index contributed by atoms with van der Waals surface area (Å²) < 4.78 is 5.13. The van der Waals surface area contributed by atoms with Crippen LogP contribution in [0.25, 0.3) is 0 Å². The highest BCUT2D eigenvalue weighted by molar-refractivity contribution is 6.34. The molecule has 1 aliphatic carbocycles. The molecule has 2 rings (SSSR count). The quantitative estimate of drug-likeness (QED) is 0.518. The summed E-state index contributed by atoms with van der Waals surface area (Å²) in [7, 11) is 0.